The zero-order chi connectivity index (χ0) is 8.55. The molecule has 0 radical (unpaired) electrons. The fourth-order valence-corrected chi connectivity index (χ4v) is 1.33. The summed E-state index contributed by atoms with van der Waals surface area (Å²) in [7, 11) is 0. The molecule has 62 valence electrons. The average Bonchev–Trinajstić information content (AvgIpc) is 2.04. The summed E-state index contributed by atoms with van der Waals surface area (Å²) in [4.78, 5) is 10.9. The fourth-order valence-electron chi connectivity index (χ4n) is 1.33. The molecule has 0 amide bonds. The van der Waals surface area contributed by atoms with Gasteiger partial charge in [0.15, 0.2) is 0 Å². The van der Waals surface area contributed by atoms with E-state index in [0.29, 0.717) is 5.75 Å². The molecule has 2 rings (SSSR count). The summed E-state index contributed by atoms with van der Waals surface area (Å²) in [5, 5.41) is 0. The molecule has 1 heterocycles. The quantitative estimate of drug-likeness (QED) is 0.458. The Morgan fingerprint density at radius 1 is 1.42 bits per heavy atom. The molecule has 0 bridgehead atoms. The summed E-state index contributed by atoms with van der Waals surface area (Å²) in [5.41, 5.74) is 6.65. The van der Waals surface area contributed by atoms with E-state index in [1.165, 1.54) is 0 Å². The van der Waals surface area contributed by atoms with Gasteiger partial charge in [0.2, 0.25) is 0 Å². The molecular weight excluding hydrogens is 154 g/mol. The first-order chi connectivity index (χ1) is 5.77. The molecule has 12 heavy (non-hydrogen) atoms. The molecule has 0 spiro atoms. The van der Waals surface area contributed by atoms with E-state index >= 15 is 0 Å². The summed E-state index contributed by atoms with van der Waals surface area (Å²) in [5.74, 6) is 0.349. The highest BCUT2D eigenvalue weighted by molar-refractivity contribution is 5.76. The van der Waals surface area contributed by atoms with Crippen LogP contribution in [0, 0.1) is 0 Å². The first kappa shape index (κ1) is 7.31. The Bertz CT molecular complexity index is 322. The highest BCUT2D eigenvalue weighted by Crippen LogP contribution is 2.30. The molecule has 1 aliphatic rings. The van der Waals surface area contributed by atoms with Crippen LogP contribution in [0.15, 0.2) is 24.3 Å². The lowest BCUT2D eigenvalue weighted by atomic mass is 10.0. The van der Waals surface area contributed by atoms with Gasteiger partial charge in [0.05, 0.1) is 6.42 Å². The molecule has 3 nitrogen and oxygen atoms in total. The van der Waals surface area contributed by atoms with Crippen molar-refractivity contribution in [2.45, 2.75) is 12.5 Å². The van der Waals surface area contributed by atoms with Crippen LogP contribution in [0.1, 0.15) is 18.0 Å². The number of hydrogen-bond donors (Lipinski definition) is 1. The minimum Gasteiger partial charge on any atom is -0.426 e. The van der Waals surface area contributed by atoms with Gasteiger partial charge in [-0.15, -0.1) is 0 Å². The lowest BCUT2D eigenvalue weighted by Crippen LogP contribution is -2.24. The molecule has 1 aromatic carbocycles. The van der Waals surface area contributed by atoms with E-state index in [-0.39, 0.29) is 18.4 Å². The Hall–Kier alpha value is -1.35. The zero-order valence-corrected chi connectivity index (χ0v) is 6.49. The van der Waals surface area contributed by atoms with Crippen molar-refractivity contribution in [2.75, 3.05) is 0 Å². The van der Waals surface area contributed by atoms with E-state index in [2.05, 4.69) is 0 Å². The Morgan fingerprint density at radius 3 is 3.00 bits per heavy atom. The predicted octanol–water partition coefficient (Wildman–Crippen LogP) is 0.996. The van der Waals surface area contributed by atoms with Crippen molar-refractivity contribution in [1.29, 1.82) is 0 Å². The smallest absolute Gasteiger partial charge is 0.313 e. The predicted molar refractivity (Wildman–Crippen MR) is 43.6 cm³/mol. The lowest BCUT2D eigenvalue weighted by molar-refractivity contribution is -0.135. The van der Waals surface area contributed by atoms with Gasteiger partial charge in [-0.1, -0.05) is 18.2 Å². The van der Waals surface area contributed by atoms with E-state index in [1.54, 1.807) is 6.07 Å². The normalized spacial score (nSPS) is 21.4. The SMILES string of the molecule is N[C@H]1CC(=O)Oc2ccccc21. The number of fused-ring (bicyclic) bond motifs is 1. The second kappa shape index (κ2) is 2.60. The van der Waals surface area contributed by atoms with Crippen molar-refractivity contribution in [2.24, 2.45) is 5.73 Å². The number of carbonyl (C=O) groups excluding carboxylic acids is 1. The van der Waals surface area contributed by atoms with Gasteiger partial charge in [-0.3, -0.25) is 4.79 Å². The monoisotopic (exact) mass is 163 g/mol. The van der Waals surface area contributed by atoms with Gasteiger partial charge >= 0.3 is 5.97 Å². The molecule has 3 heteroatoms. The van der Waals surface area contributed by atoms with Crippen LogP contribution in [0.4, 0.5) is 0 Å². The van der Waals surface area contributed by atoms with Crippen LogP contribution in [0.5, 0.6) is 5.75 Å². The maximum atomic E-state index is 10.9. The Kier molecular flexibility index (Phi) is 1.59. The minimum atomic E-state index is -0.249. The Balaban J connectivity index is 2.47. The molecule has 0 aromatic heterocycles. The summed E-state index contributed by atoms with van der Waals surface area (Å²) in [6.45, 7) is 0. The molecule has 0 saturated carbocycles. The summed E-state index contributed by atoms with van der Waals surface area (Å²) in [6.07, 6.45) is 0.275. The van der Waals surface area contributed by atoms with Crippen LogP contribution in [-0.4, -0.2) is 5.97 Å². The second-order valence-electron chi connectivity index (χ2n) is 2.82. The first-order valence-corrected chi connectivity index (χ1v) is 3.82. The van der Waals surface area contributed by atoms with Crippen molar-refractivity contribution in [1.82, 2.24) is 0 Å². The molecule has 0 aliphatic carbocycles. The fraction of sp³-hybridized carbons (Fsp3) is 0.222. The van der Waals surface area contributed by atoms with E-state index in [4.69, 9.17) is 10.5 Å². The molecule has 0 fully saturated rings. The van der Waals surface area contributed by atoms with Gasteiger partial charge in [-0.2, -0.15) is 0 Å². The maximum Gasteiger partial charge on any atom is 0.313 e. The van der Waals surface area contributed by atoms with E-state index in [1.807, 2.05) is 18.2 Å². The largest absolute Gasteiger partial charge is 0.426 e. The number of esters is 1. The third kappa shape index (κ3) is 1.08. The molecule has 1 aliphatic heterocycles. The van der Waals surface area contributed by atoms with Gasteiger partial charge in [0.25, 0.3) is 0 Å². The van der Waals surface area contributed by atoms with Crippen LogP contribution in [0.25, 0.3) is 0 Å². The van der Waals surface area contributed by atoms with Gasteiger partial charge in [-0.05, 0) is 6.07 Å². The third-order valence-corrected chi connectivity index (χ3v) is 1.93. The van der Waals surface area contributed by atoms with E-state index in [0.717, 1.165) is 5.56 Å². The topological polar surface area (TPSA) is 52.3 Å². The first-order valence-electron chi connectivity index (χ1n) is 3.82. The van der Waals surface area contributed by atoms with Crippen LogP contribution < -0.4 is 10.5 Å². The summed E-state index contributed by atoms with van der Waals surface area (Å²) >= 11 is 0. The van der Waals surface area contributed by atoms with Crippen LogP contribution >= 0.6 is 0 Å². The number of nitrogens with two attached hydrogens (primary N) is 1. The van der Waals surface area contributed by atoms with Crippen LogP contribution in [0.2, 0.25) is 0 Å². The number of rotatable bonds is 0. The molecule has 2 N–H and O–H groups in total. The standard InChI is InChI=1S/C9H9NO2/c10-7-5-9(11)12-8-4-2-1-3-6(7)8/h1-4,7H,5,10H2/t7-/m0/s1. The lowest BCUT2D eigenvalue weighted by Gasteiger charge is -2.20. The molecular formula is C9H9NO2. The zero-order valence-electron chi connectivity index (χ0n) is 6.49. The Labute approximate surface area is 70.1 Å². The van der Waals surface area contributed by atoms with Crippen molar-refractivity contribution in [3.8, 4) is 5.75 Å². The number of para-hydroxylation sites is 1. The van der Waals surface area contributed by atoms with E-state index in [9.17, 15) is 4.79 Å². The third-order valence-electron chi connectivity index (χ3n) is 1.93. The van der Waals surface area contributed by atoms with Crippen molar-refractivity contribution < 1.29 is 9.53 Å². The van der Waals surface area contributed by atoms with Gasteiger partial charge < -0.3 is 10.5 Å². The van der Waals surface area contributed by atoms with Crippen LogP contribution in [-0.2, 0) is 4.79 Å². The van der Waals surface area contributed by atoms with Crippen molar-refractivity contribution in [3.05, 3.63) is 29.8 Å². The molecule has 1 aromatic rings. The Morgan fingerprint density at radius 2 is 2.17 bits per heavy atom. The second-order valence-corrected chi connectivity index (χ2v) is 2.82. The molecule has 1 atom stereocenters. The number of ether oxygens (including phenoxy) is 1. The van der Waals surface area contributed by atoms with Gasteiger partial charge in [-0.25, -0.2) is 0 Å². The number of benzene rings is 1. The number of carbonyl (C=O) groups is 1. The summed E-state index contributed by atoms with van der Waals surface area (Å²) in [6, 6.07) is 7.14. The van der Waals surface area contributed by atoms with Gasteiger partial charge in [0, 0.05) is 11.6 Å². The maximum absolute atomic E-state index is 10.9. The summed E-state index contributed by atoms with van der Waals surface area (Å²) < 4.78 is 4.98. The van der Waals surface area contributed by atoms with E-state index < -0.39 is 0 Å². The van der Waals surface area contributed by atoms with Crippen molar-refractivity contribution >= 4 is 5.97 Å². The highest BCUT2D eigenvalue weighted by atomic mass is 16.5. The highest BCUT2D eigenvalue weighted by Gasteiger charge is 2.22. The molecule has 0 unspecified atom stereocenters. The van der Waals surface area contributed by atoms with Crippen LogP contribution in [0.3, 0.4) is 0 Å². The number of hydrogen-bond acceptors (Lipinski definition) is 3. The van der Waals surface area contributed by atoms with Gasteiger partial charge in [0.1, 0.15) is 5.75 Å². The minimum absolute atomic E-state index is 0.206. The van der Waals surface area contributed by atoms with Crippen molar-refractivity contribution in [3.63, 3.8) is 0 Å². The molecule has 0 saturated heterocycles. The average molecular weight is 163 g/mol.